The van der Waals surface area contributed by atoms with Gasteiger partial charge < -0.3 is 20.8 Å². The van der Waals surface area contributed by atoms with E-state index in [0.29, 0.717) is 5.39 Å². The second-order valence-electron chi connectivity index (χ2n) is 12.5. The Kier molecular flexibility index (Phi) is 11.8. The summed E-state index contributed by atoms with van der Waals surface area (Å²) >= 11 is 0.230. The molecule has 0 radical (unpaired) electrons. The van der Waals surface area contributed by atoms with E-state index in [9.17, 15) is 53.9 Å². The first-order chi connectivity index (χ1) is 29.3. The summed E-state index contributed by atoms with van der Waals surface area (Å²) in [4.78, 5) is 22.6. The first-order valence-corrected chi connectivity index (χ1v) is 21.9. The topological polar surface area (TPSA) is 351 Å². The molecular weight excluding hydrogens is 901 g/mol. The van der Waals surface area contributed by atoms with Crippen molar-refractivity contribution in [2.24, 2.45) is 10.2 Å². The molecule has 0 atom stereocenters. The van der Waals surface area contributed by atoms with Gasteiger partial charge in [-0.25, -0.2) is 14.6 Å². The summed E-state index contributed by atoms with van der Waals surface area (Å²) in [6.07, 6.45) is 2.51. The molecule has 27 heteroatoms. The minimum absolute atomic E-state index is 0.0293. The molecule has 0 aliphatic rings. The van der Waals surface area contributed by atoms with Crippen molar-refractivity contribution in [1.82, 2.24) is 15.0 Å². The average molecular weight is 926 g/mol. The quantitative estimate of drug-likeness (QED) is 0.0156. The number of nitrogens with zero attached hydrogens (tertiary/aromatic N) is 6. The van der Waals surface area contributed by atoms with Crippen LogP contribution in [0.2, 0.25) is 0 Å². The van der Waals surface area contributed by atoms with E-state index >= 15 is 0 Å². The zero-order valence-electron chi connectivity index (χ0n) is 30.5. The highest BCUT2D eigenvalue weighted by Gasteiger charge is 2.26. The molecule has 318 valence electrons. The van der Waals surface area contributed by atoms with Crippen molar-refractivity contribution in [2.45, 2.75) is 19.6 Å². The third-order valence-corrected chi connectivity index (χ3v) is 11.7. The van der Waals surface area contributed by atoms with E-state index in [1.807, 2.05) is 0 Å². The molecule has 0 spiro atoms. The fourth-order valence-electron chi connectivity index (χ4n) is 5.91. The molecule has 23 nitrogen and oxygen atoms in total. The third kappa shape index (κ3) is 9.40. The Morgan fingerprint density at radius 2 is 1.47 bits per heavy atom. The number of rotatable bonds is 14. The predicted octanol–water partition coefficient (Wildman–Crippen LogP) is 5.93. The van der Waals surface area contributed by atoms with Crippen LogP contribution in [-0.2, 0) is 39.7 Å². The number of aromatic nitrogens is 4. The van der Waals surface area contributed by atoms with Crippen LogP contribution in [0.4, 0.5) is 34.6 Å². The first-order valence-electron chi connectivity index (χ1n) is 16.8. The van der Waals surface area contributed by atoms with Gasteiger partial charge in [0.25, 0.3) is 30.4 Å². The normalized spacial score (nSPS) is 12.3. The van der Waals surface area contributed by atoms with Gasteiger partial charge in [-0.05, 0) is 75.3 Å². The summed E-state index contributed by atoms with van der Waals surface area (Å²) in [5.74, 6) is -3.19. The average Bonchev–Trinajstić information content (AvgIpc) is 3.21. The summed E-state index contributed by atoms with van der Waals surface area (Å²) in [5.41, 5.74) is -1.42. The standard InChI is InChI=1S/C35H24N8O15S4/c44-30-28-20(14-27(59-58-57-47)29(30)42-41-25-11-10-18-5-1-2-9-24(18)31(25)62(54,55)56)13-23(61(51,52)53)16-26(28)37-34-38-33(36-21-7-3-8-22(15-21)60(48,49)50)39-35(40-34)43-12-4-6-19(17-43)32(45)46/h1-17H,(H7-,36,37,38,39,40,41,44,45,46,47,48,49,50,51,52,53,54,55,56)/p+1. The Morgan fingerprint density at radius 3 is 2.16 bits per heavy atom. The van der Waals surface area contributed by atoms with Crippen LogP contribution >= 0.6 is 12.0 Å². The molecule has 2 aromatic heterocycles. The highest BCUT2D eigenvalue weighted by Crippen LogP contribution is 2.48. The Hall–Kier alpha value is -6.79. The third-order valence-electron chi connectivity index (χ3n) is 8.49. The van der Waals surface area contributed by atoms with Crippen LogP contribution in [0.15, 0.2) is 133 Å². The number of phenols is 1. The molecule has 0 saturated carbocycles. The fourth-order valence-corrected chi connectivity index (χ4v) is 8.31. The summed E-state index contributed by atoms with van der Waals surface area (Å²) in [6.45, 7) is 0. The minimum Gasteiger partial charge on any atom is -0.505 e. The maximum Gasteiger partial charge on any atom is 0.444 e. The van der Waals surface area contributed by atoms with Crippen molar-refractivity contribution in [1.29, 1.82) is 0 Å². The van der Waals surface area contributed by atoms with E-state index in [2.05, 4.69) is 45.2 Å². The number of benzene rings is 5. The molecule has 5 aromatic carbocycles. The predicted molar refractivity (Wildman–Crippen MR) is 215 cm³/mol. The first kappa shape index (κ1) is 43.3. The van der Waals surface area contributed by atoms with Crippen molar-refractivity contribution in [3.63, 3.8) is 0 Å². The number of azo groups is 1. The molecule has 8 N–H and O–H groups in total. The van der Waals surface area contributed by atoms with E-state index in [0.717, 1.165) is 36.5 Å². The van der Waals surface area contributed by atoms with Gasteiger partial charge in [0.15, 0.2) is 5.75 Å². The lowest BCUT2D eigenvalue weighted by atomic mass is 10.1. The van der Waals surface area contributed by atoms with Gasteiger partial charge in [0.2, 0.25) is 0 Å². The Labute approximate surface area is 352 Å². The molecule has 0 saturated heterocycles. The second-order valence-corrected chi connectivity index (χ2v) is 17.4. The number of anilines is 4. The molecule has 0 unspecified atom stereocenters. The van der Waals surface area contributed by atoms with Crippen LogP contribution < -0.4 is 15.2 Å². The number of carboxylic acids is 1. The SMILES string of the molecule is O=C(O)c1ccc[n+](-c2nc(Nc3cccc(S(=O)(=O)O)c3)nc(Nc3cc(S(=O)(=O)O)cc4cc(SOOO)c(N=Nc5ccc6ccccc6c5S(=O)(=O)O)c(O)c34)n2)c1. The Balaban J connectivity index is 1.43. The smallest absolute Gasteiger partial charge is 0.444 e. The van der Waals surface area contributed by atoms with Gasteiger partial charge in [0, 0.05) is 16.5 Å². The van der Waals surface area contributed by atoms with E-state index in [4.69, 9.17) is 5.26 Å². The monoisotopic (exact) mass is 925 g/mol. The lowest BCUT2D eigenvalue weighted by Crippen LogP contribution is -2.34. The van der Waals surface area contributed by atoms with Crippen LogP contribution in [0.3, 0.4) is 0 Å². The molecule has 0 aliphatic heterocycles. The Bertz CT molecular complexity index is 3340. The molecule has 62 heavy (non-hydrogen) atoms. The second kappa shape index (κ2) is 16.9. The largest absolute Gasteiger partial charge is 0.505 e. The molecule has 2 heterocycles. The van der Waals surface area contributed by atoms with Gasteiger partial charge in [-0.3, -0.25) is 13.7 Å². The van der Waals surface area contributed by atoms with Crippen LogP contribution in [-0.4, -0.2) is 75.3 Å². The number of pyridine rings is 1. The number of aromatic carboxylic acids is 1. The number of hydrogen-bond acceptors (Lipinski definition) is 19. The van der Waals surface area contributed by atoms with E-state index in [1.54, 1.807) is 12.1 Å². The number of aromatic hydroxyl groups is 1. The lowest BCUT2D eigenvalue weighted by Gasteiger charge is -2.14. The lowest BCUT2D eigenvalue weighted by molar-refractivity contribution is -0.603. The zero-order valence-corrected chi connectivity index (χ0v) is 33.8. The molecule has 0 amide bonds. The summed E-state index contributed by atoms with van der Waals surface area (Å²) in [5, 5.41) is 47.7. The van der Waals surface area contributed by atoms with Crippen LogP contribution in [0.25, 0.3) is 27.5 Å². The van der Waals surface area contributed by atoms with Crippen molar-refractivity contribution in [2.75, 3.05) is 10.6 Å². The summed E-state index contributed by atoms with van der Waals surface area (Å²) in [7, 11) is -14.6. The number of carboxylic acid groups (broad SMARTS) is 1. The Morgan fingerprint density at radius 1 is 0.742 bits per heavy atom. The number of hydrogen-bond donors (Lipinski definition) is 8. The number of phenolic OH excluding ortho intramolecular Hbond substituents is 1. The van der Waals surface area contributed by atoms with E-state index in [-0.39, 0.29) is 67.6 Å². The molecule has 7 aromatic rings. The van der Waals surface area contributed by atoms with Crippen LogP contribution in [0.5, 0.6) is 5.75 Å². The maximum absolute atomic E-state index is 12.6. The number of fused-ring (bicyclic) bond motifs is 2. The molecular formula is C35H25N8O15S4+. The van der Waals surface area contributed by atoms with Gasteiger partial charge in [-0.2, -0.15) is 25.3 Å². The number of nitrogens with one attached hydrogen (secondary N) is 2. The summed E-state index contributed by atoms with van der Waals surface area (Å²) in [6, 6.07) is 19.3. The summed E-state index contributed by atoms with van der Waals surface area (Å²) < 4.78 is 110. The maximum atomic E-state index is 12.6. The van der Waals surface area contributed by atoms with Gasteiger partial charge in [0.05, 0.1) is 50.4 Å². The molecule has 7 rings (SSSR count). The van der Waals surface area contributed by atoms with Crippen LogP contribution in [0, 0.1) is 0 Å². The molecule has 0 aliphatic carbocycles. The molecule has 0 fully saturated rings. The van der Waals surface area contributed by atoms with E-state index in [1.165, 1.54) is 59.3 Å². The number of carbonyl (C=O) groups is 1. The highest BCUT2D eigenvalue weighted by molar-refractivity contribution is 7.94. The van der Waals surface area contributed by atoms with E-state index < -0.39 is 68.4 Å². The van der Waals surface area contributed by atoms with Crippen LogP contribution in [0.1, 0.15) is 10.4 Å². The van der Waals surface area contributed by atoms with Gasteiger partial charge in [0.1, 0.15) is 16.3 Å². The van der Waals surface area contributed by atoms with Crippen molar-refractivity contribution in [3.05, 3.63) is 109 Å². The van der Waals surface area contributed by atoms with Gasteiger partial charge in [-0.1, -0.05) is 41.4 Å². The van der Waals surface area contributed by atoms with Gasteiger partial charge >= 0.3 is 23.8 Å². The van der Waals surface area contributed by atoms with Crippen molar-refractivity contribution >= 4 is 105 Å². The van der Waals surface area contributed by atoms with Crippen molar-refractivity contribution in [3.8, 4) is 11.7 Å². The minimum atomic E-state index is -5.02. The van der Waals surface area contributed by atoms with Crippen molar-refractivity contribution < 1.29 is 73.1 Å². The fraction of sp³-hybridized carbons (Fsp3) is 0. The molecule has 0 bridgehead atoms. The highest BCUT2D eigenvalue weighted by atomic mass is 32.2. The van der Waals surface area contributed by atoms with Gasteiger partial charge in [-0.15, -0.1) is 19.5 Å². The zero-order chi connectivity index (χ0) is 44.6.